The lowest BCUT2D eigenvalue weighted by molar-refractivity contribution is -0.117. The highest BCUT2D eigenvalue weighted by Gasteiger charge is 2.18. The van der Waals surface area contributed by atoms with Crippen molar-refractivity contribution in [3.8, 4) is 33.8 Å². The van der Waals surface area contributed by atoms with Crippen LogP contribution in [0.2, 0.25) is 0 Å². The summed E-state index contributed by atoms with van der Waals surface area (Å²) < 4.78 is 0. The molecule has 6 aromatic rings. The number of aryl methyl sites for hydroxylation is 1. The summed E-state index contributed by atoms with van der Waals surface area (Å²) in [5, 5.41) is 15.8. The number of nitrogens with one attached hydrogen (secondary N) is 3. The Bertz CT molecular complexity index is 1810. The summed E-state index contributed by atoms with van der Waals surface area (Å²) in [5.74, 6) is 0.727. The maximum atomic E-state index is 12.6. The van der Waals surface area contributed by atoms with Crippen LogP contribution in [0, 0.1) is 5.41 Å². The Kier molecular flexibility index (Phi) is 6.27. The van der Waals surface area contributed by atoms with Crippen molar-refractivity contribution in [2.75, 3.05) is 5.32 Å². The van der Waals surface area contributed by atoms with Crippen LogP contribution in [-0.4, -0.2) is 31.1 Å². The van der Waals surface area contributed by atoms with Gasteiger partial charge in [0.15, 0.2) is 11.5 Å². The number of para-hydroxylation sites is 1. The Morgan fingerprint density at radius 2 is 1.92 bits per heavy atom. The molecule has 4 heterocycles. The van der Waals surface area contributed by atoms with Gasteiger partial charge in [0.1, 0.15) is 5.69 Å². The second kappa shape index (κ2) is 9.78. The third-order valence-electron chi connectivity index (χ3n) is 6.70. The number of aromatic amines is 2. The van der Waals surface area contributed by atoms with Crippen LogP contribution in [0.5, 0.6) is 0 Å². The van der Waals surface area contributed by atoms with E-state index in [2.05, 4.69) is 88.2 Å². The van der Waals surface area contributed by atoms with E-state index >= 15 is 0 Å². The molecule has 8 heteroatoms. The van der Waals surface area contributed by atoms with E-state index in [0.717, 1.165) is 62.0 Å². The quantitative estimate of drug-likeness (QED) is 0.203. The Hall–Kier alpha value is -4.30. The van der Waals surface area contributed by atoms with Crippen LogP contribution in [0.4, 0.5) is 5.69 Å². The lowest BCUT2D eigenvalue weighted by Gasteiger charge is -2.18. The van der Waals surface area contributed by atoms with Crippen molar-refractivity contribution in [2.24, 2.45) is 5.41 Å². The molecule has 0 aliphatic rings. The molecule has 1 amide bonds. The molecule has 3 N–H and O–H groups in total. The molecule has 0 fully saturated rings. The number of anilines is 1. The van der Waals surface area contributed by atoms with Gasteiger partial charge in [0.05, 0.1) is 16.4 Å². The summed E-state index contributed by atoms with van der Waals surface area (Å²) in [4.78, 5) is 25.7. The Labute approximate surface area is 230 Å². The number of H-pyrrole nitrogens is 2. The number of carbonyl (C=O) groups excluding carboxylic acids is 1. The fourth-order valence-corrected chi connectivity index (χ4v) is 5.52. The monoisotopic (exact) mass is 534 g/mol. The lowest BCUT2D eigenvalue weighted by Crippen LogP contribution is -2.19. The van der Waals surface area contributed by atoms with Gasteiger partial charge in [-0.05, 0) is 69.6 Å². The number of nitrogens with zero attached hydrogens (tertiary/aromatic N) is 3. The fraction of sp³-hybridized carbons (Fsp3) is 0.226. The average molecular weight is 535 g/mol. The van der Waals surface area contributed by atoms with Crippen molar-refractivity contribution in [3.05, 3.63) is 71.1 Å². The zero-order valence-corrected chi connectivity index (χ0v) is 23.2. The molecule has 0 radical (unpaired) electrons. The average Bonchev–Trinajstić information content (AvgIpc) is 3.66. The second-order valence-electron chi connectivity index (χ2n) is 11.1. The number of thiophene rings is 1. The van der Waals surface area contributed by atoms with Crippen LogP contribution in [0.3, 0.4) is 0 Å². The number of hydrogen-bond acceptors (Lipinski definition) is 5. The molecule has 4 aromatic heterocycles. The molecule has 0 saturated carbocycles. The van der Waals surface area contributed by atoms with Gasteiger partial charge in [0.2, 0.25) is 5.91 Å². The Balaban J connectivity index is 1.39. The van der Waals surface area contributed by atoms with Crippen molar-refractivity contribution in [2.45, 2.75) is 40.5 Å². The number of pyridine rings is 1. The van der Waals surface area contributed by atoms with Crippen molar-refractivity contribution in [1.82, 2.24) is 25.1 Å². The van der Waals surface area contributed by atoms with Crippen LogP contribution >= 0.6 is 11.3 Å². The van der Waals surface area contributed by atoms with E-state index in [9.17, 15) is 4.79 Å². The molecule has 0 atom stereocenters. The van der Waals surface area contributed by atoms with Gasteiger partial charge in [-0.15, -0.1) is 0 Å². The molecule has 7 nitrogen and oxygen atoms in total. The van der Waals surface area contributed by atoms with E-state index in [4.69, 9.17) is 4.98 Å². The van der Waals surface area contributed by atoms with Gasteiger partial charge >= 0.3 is 0 Å². The minimum Gasteiger partial charge on any atom is -0.337 e. The van der Waals surface area contributed by atoms with Crippen LogP contribution in [0.15, 0.2) is 65.5 Å². The smallest absolute Gasteiger partial charge is 0.224 e. The van der Waals surface area contributed by atoms with Crippen molar-refractivity contribution in [3.63, 3.8) is 0 Å². The highest BCUT2D eigenvalue weighted by Crippen LogP contribution is 2.34. The van der Waals surface area contributed by atoms with Crippen LogP contribution < -0.4 is 5.32 Å². The Morgan fingerprint density at radius 1 is 1.05 bits per heavy atom. The van der Waals surface area contributed by atoms with E-state index in [1.54, 1.807) is 11.3 Å². The molecule has 2 aromatic carbocycles. The highest BCUT2D eigenvalue weighted by atomic mass is 32.1. The third-order valence-corrected chi connectivity index (χ3v) is 7.38. The largest absolute Gasteiger partial charge is 0.337 e. The van der Waals surface area contributed by atoms with E-state index < -0.39 is 0 Å². The Morgan fingerprint density at radius 3 is 2.69 bits per heavy atom. The molecule has 196 valence electrons. The first-order chi connectivity index (χ1) is 18.8. The van der Waals surface area contributed by atoms with Gasteiger partial charge in [0, 0.05) is 29.4 Å². The van der Waals surface area contributed by atoms with E-state index in [-0.39, 0.29) is 11.3 Å². The topological polar surface area (TPSA) is 99.3 Å². The number of imidazole rings is 1. The predicted molar refractivity (Wildman–Crippen MR) is 160 cm³/mol. The SMILES string of the molecule is CCc1cc(NC(=O)CC(C)(C)C)cc(-c2cnc3n[nH]c(-c4nc5c(-c6ccsc6)cccc5[nH]4)c3c2)c1. The van der Waals surface area contributed by atoms with Crippen molar-refractivity contribution < 1.29 is 4.79 Å². The predicted octanol–water partition coefficient (Wildman–Crippen LogP) is 7.83. The van der Waals surface area contributed by atoms with Gasteiger partial charge in [-0.1, -0.05) is 45.9 Å². The maximum absolute atomic E-state index is 12.6. The molecular weight excluding hydrogens is 504 g/mol. The van der Waals surface area contributed by atoms with Gasteiger partial charge in [0.25, 0.3) is 0 Å². The first kappa shape index (κ1) is 25.0. The fourth-order valence-electron chi connectivity index (χ4n) is 4.86. The summed E-state index contributed by atoms with van der Waals surface area (Å²) in [7, 11) is 0. The van der Waals surface area contributed by atoms with Gasteiger partial charge in [-0.3, -0.25) is 9.89 Å². The molecule has 0 aliphatic heterocycles. The third kappa shape index (κ3) is 5.07. The minimum atomic E-state index is -0.0803. The van der Waals surface area contributed by atoms with Crippen LogP contribution in [0.1, 0.15) is 39.7 Å². The number of hydrogen-bond donors (Lipinski definition) is 3. The summed E-state index contributed by atoms with van der Waals surface area (Å²) in [5.41, 5.74) is 9.34. The summed E-state index contributed by atoms with van der Waals surface area (Å²) in [6.45, 7) is 8.31. The number of fused-ring (bicyclic) bond motifs is 2. The highest BCUT2D eigenvalue weighted by molar-refractivity contribution is 7.08. The lowest BCUT2D eigenvalue weighted by atomic mass is 9.92. The molecule has 39 heavy (non-hydrogen) atoms. The minimum absolute atomic E-state index is 0.0131. The van der Waals surface area contributed by atoms with Crippen LogP contribution in [-0.2, 0) is 11.2 Å². The molecule has 6 rings (SSSR count). The van der Waals surface area contributed by atoms with Gasteiger partial charge in [-0.25, -0.2) is 9.97 Å². The zero-order chi connectivity index (χ0) is 27.1. The molecule has 0 saturated heterocycles. The number of amides is 1. The first-order valence-corrected chi connectivity index (χ1v) is 14.0. The maximum Gasteiger partial charge on any atom is 0.224 e. The summed E-state index contributed by atoms with van der Waals surface area (Å²) in [6, 6.07) is 16.6. The van der Waals surface area contributed by atoms with E-state index in [1.165, 1.54) is 0 Å². The van der Waals surface area contributed by atoms with Gasteiger partial charge < -0.3 is 10.3 Å². The zero-order valence-electron chi connectivity index (χ0n) is 22.4. The first-order valence-electron chi connectivity index (χ1n) is 13.1. The number of carbonyl (C=O) groups is 1. The van der Waals surface area contributed by atoms with E-state index in [0.29, 0.717) is 17.9 Å². The standard InChI is InChI=1S/C31H30N6OS/c1-5-18-11-20(13-22(12-18)33-26(38)15-31(2,3)4)21-14-24-28(36-37-29(24)32-16-21)30-34-25-8-6-7-23(27(25)35-30)19-9-10-39-17-19/h6-14,16-17H,5,15H2,1-4H3,(H,33,38)(H,34,35)(H,32,36,37). The molecule has 0 spiro atoms. The molecular formula is C31H30N6OS. The second-order valence-corrected chi connectivity index (χ2v) is 11.8. The molecule has 0 unspecified atom stereocenters. The van der Waals surface area contributed by atoms with Crippen LogP contribution in [0.25, 0.3) is 55.8 Å². The van der Waals surface area contributed by atoms with Crippen molar-refractivity contribution in [1.29, 1.82) is 0 Å². The van der Waals surface area contributed by atoms with Crippen molar-refractivity contribution >= 4 is 45.0 Å². The van der Waals surface area contributed by atoms with Gasteiger partial charge in [-0.2, -0.15) is 16.4 Å². The summed E-state index contributed by atoms with van der Waals surface area (Å²) in [6.07, 6.45) is 3.14. The normalized spacial score (nSPS) is 11.9. The molecule has 0 bridgehead atoms. The summed E-state index contributed by atoms with van der Waals surface area (Å²) >= 11 is 1.67. The number of benzene rings is 2. The molecule has 0 aliphatic carbocycles. The number of rotatable bonds is 6. The van der Waals surface area contributed by atoms with E-state index in [1.807, 2.05) is 30.5 Å². The number of aromatic nitrogens is 5.